The van der Waals surface area contributed by atoms with E-state index in [0.29, 0.717) is 23.3 Å². The number of hydrogen-bond donors (Lipinski definition) is 1. The largest absolute Gasteiger partial charge is 0.314 e. The van der Waals surface area contributed by atoms with Gasteiger partial charge in [-0.3, -0.25) is 0 Å². The lowest BCUT2D eigenvalue weighted by Gasteiger charge is -2.31. The minimum atomic E-state index is -3.24. The van der Waals surface area contributed by atoms with Gasteiger partial charge in [0.15, 0.2) is 0 Å². The van der Waals surface area contributed by atoms with Crippen LogP contribution in [0.15, 0.2) is 21.7 Å². The minimum absolute atomic E-state index is 0. The van der Waals surface area contributed by atoms with Gasteiger partial charge in [0.05, 0.1) is 0 Å². The van der Waals surface area contributed by atoms with Crippen LogP contribution in [-0.4, -0.2) is 38.4 Å². The highest BCUT2D eigenvalue weighted by molar-refractivity contribution is 7.91. The summed E-state index contributed by atoms with van der Waals surface area (Å²) in [6.45, 7) is 2.40. The molecule has 1 aliphatic carbocycles. The Morgan fingerprint density at radius 2 is 1.95 bits per heavy atom. The number of thiophene rings is 1. The molecule has 1 aliphatic heterocycles. The lowest BCUT2D eigenvalue weighted by molar-refractivity contribution is 0.288. The maximum Gasteiger partial charge on any atom is 0.252 e. The van der Waals surface area contributed by atoms with Crippen molar-refractivity contribution >= 4 is 33.8 Å². The molecule has 3 rings (SSSR count). The van der Waals surface area contributed by atoms with E-state index in [1.54, 1.807) is 16.4 Å². The summed E-state index contributed by atoms with van der Waals surface area (Å²) >= 11 is 1.30. The summed E-state index contributed by atoms with van der Waals surface area (Å²) in [6, 6.07) is 3.98. The Bertz CT molecular complexity index is 506. The van der Waals surface area contributed by atoms with Crippen LogP contribution in [0.4, 0.5) is 0 Å². The first kappa shape index (κ1) is 16.2. The lowest BCUT2D eigenvalue weighted by Crippen LogP contribution is -2.45. The molecule has 20 heavy (non-hydrogen) atoms. The molecule has 0 amide bonds. The fourth-order valence-corrected chi connectivity index (χ4v) is 5.11. The summed E-state index contributed by atoms with van der Waals surface area (Å²) in [4.78, 5) is 0. The summed E-state index contributed by atoms with van der Waals surface area (Å²) in [5.74, 6) is 0.882. The van der Waals surface area contributed by atoms with E-state index in [1.807, 2.05) is 5.38 Å². The average molecular weight is 337 g/mol. The van der Waals surface area contributed by atoms with E-state index in [4.69, 9.17) is 0 Å². The third kappa shape index (κ3) is 3.74. The van der Waals surface area contributed by atoms with Crippen LogP contribution >= 0.6 is 23.7 Å². The zero-order valence-corrected chi connectivity index (χ0v) is 13.8. The van der Waals surface area contributed by atoms with Crippen LogP contribution in [0, 0.1) is 5.92 Å². The number of sulfonamides is 1. The molecule has 2 heterocycles. The Hall–Kier alpha value is -0.140. The predicted molar refractivity (Wildman–Crippen MR) is 84.1 cm³/mol. The molecular weight excluding hydrogens is 316 g/mol. The van der Waals surface area contributed by atoms with Crippen LogP contribution in [0.25, 0.3) is 0 Å². The third-order valence-corrected chi connectivity index (χ3v) is 7.21. The molecule has 0 bridgehead atoms. The molecule has 2 fully saturated rings. The molecule has 114 valence electrons. The molecule has 0 spiro atoms. The monoisotopic (exact) mass is 336 g/mol. The van der Waals surface area contributed by atoms with Crippen LogP contribution in [0.1, 0.15) is 25.7 Å². The number of halogens is 1. The number of nitrogens with zero attached hydrogens (tertiary/aromatic N) is 1. The first-order valence-electron chi connectivity index (χ1n) is 6.93. The number of nitrogens with one attached hydrogen (secondary N) is 1. The first-order chi connectivity index (χ1) is 9.16. The van der Waals surface area contributed by atoms with Crippen LogP contribution in [0.3, 0.4) is 0 Å². The number of piperidine rings is 1. The summed E-state index contributed by atoms with van der Waals surface area (Å²) in [7, 11) is -3.24. The second-order valence-corrected chi connectivity index (χ2v) is 8.57. The van der Waals surface area contributed by atoms with Crippen molar-refractivity contribution in [3.63, 3.8) is 0 Å². The molecule has 0 unspecified atom stereocenters. The molecule has 1 aromatic rings. The lowest BCUT2D eigenvalue weighted by atomic mass is 10.1. The summed E-state index contributed by atoms with van der Waals surface area (Å²) in [6.07, 6.45) is 4.58. The zero-order chi connectivity index (χ0) is 13.3. The molecule has 0 aromatic carbocycles. The molecule has 1 saturated heterocycles. The minimum Gasteiger partial charge on any atom is -0.314 e. The average Bonchev–Trinajstić information content (AvgIpc) is 3.07. The van der Waals surface area contributed by atoms with Gasteiger partial charge in [-0.1, -0.05) is 6.07 Å². The van der Waals surface area contributed by atoms with Gasteiger partial charge in [-0.2, -0.15) is 4.31 Å². The van der Waals surface area contributed by atoms with Crippen molar-refractivity contribution in [2.24, 2.45) is 5.92 Å². The number of rotatable bonds is 5. The molecule has 4 nitrogen and oxygen atoms in total. The fraction of sp³-hybridized carbons (Fsp3) is 0.692. The number of hydrogen-bond acceptors (Lipinski definition) is 4. The van der Waals surface area contributed by atoms with Crippen molar-refractivity contribution in [2.75, 3.05) is 19.6 Å². The third-order valence-electron chi connectivity index (χ3n) is 3.94. The second kappa shape index (κ2) is 6.75. The van der Waals surface area contributed by atoms with Crippen molar-refractivity contribution in [2.45, 2.75) is 35.9 Å². The Labute approximate surface area is 131 Å². The van der Waals surface area contributed by atoms with E-state index in [9.17, 15) is 8.42 Å². The van der Waals surface area contributed by atoms with Crippen LogP contribution in [0.5, 0.6) is 0 Å². The summed E-state index contributed by atoms with van der Waals surface area (Å²) in [5, 5.41) is 5.39. The van der Waals surface area contributed by atoms with Gasteiger partial charge in [-0.05, 0) is 49.6 Å². The van der Waals surface area contributed by atoms with Gasteiger partial charge in [0.25, 0.3) is 10.0 Å². The smallest absolute Gasteiger partial charge is 0.252 e. The fourth-order valence-electron chi connectivity index (χ4n) is 2.49. The Morgan fingerprint density at radius 1 is 1.25 bits per heavy atom. The van der Waals surface area contributed by atoms with E-state index >= 15 is 0 Å². The van der Waals surface area contributed by atoms with Crippen molar-refractivity contribution in [3.8, 4) is 0 Å². The van der Waals surface area contributed by atoms with Gasteiger partial charge >= 0.3 is 0 Å². The maximum absolute atomic E-state index is 12.3. The topological polar surface area (TPSA) is 49.4 Å². The van der Waals surface area contributed by atoms with Crippen LogP contribution in [0.2, 0.25) is 0 Å². The van der Waals surface area contributed by atoms with Crippen LogP contribution < -0.4 is 5.32 Å². The molecule has 1 saturated carbocycles. The van der Waals surface area contributed by atoms with Crippen molar-refractivity contribution < 1.29 is 8.42 Å². The van der Waals surface area contributed by atoms with E-state index in [-0.39, 0.29) is 12.4 Å². The van der Waals surface area contributed by atoms with E-state index in [0.717, 1.165) is 25.3 Å². The SMILES string of the molecule is Cl.O=S(=O)(c1cccs1)N1CCC(NCC2CC2)CC1. The highest BCUT2D eigenvalue weighted by Gasteiger charge is 2.30. The van der Waals surface area contributed by atoms with Crippen LogP contribution in [-0.2, 0) is 10.0 Å². The van der Waals surface area contributed by atoms with Crippen molar-refractivity contribution in [1.29, 1.82) is 0 Å². The van der Waals surface area contributed by atoms with Gasteiger partial charge in [-0.15, -0.1) is 23.7 Å². The van der Waals surface area contributed by atoms with E-state index < -0.39 is 10.0 Å². The van der Waals surface area contributed by atoms with Crippen molar-refractivity contribution in [3.05, 3.63) is 17.5 Å². The molecule has 1 aromatic heterocycles. The Balaban J connectivity index is 0.00000147. The van der Waals surface area contributed by atoms with Gasteiger partial charge in [0.1, 0.15) is 4.21 Å². The quantitative estimate of drug-likeness (QED) is 0.897. The Kier molecular flexibility index (Phi) is 5.48. The zero-order valence-electron chi connectivity index (χ0n) is 11.3. The van der Waals surface area contributed by atoms with E-state index in [2.05, 4.69) is 5.32 Å². The second-order valence-electron chi connectivity index (χ2n) is 5.46. The molecule has 2 aliphatic rings. The van der Waals surface area contributed by atoms with Crippen molar-refractivity contribution in [1.82, 2.24) is 9.62 Å². The first-order valence-corrected chi connectivity index (χ1v) is 9.25. The van der Waals surface area contributed by atoms with Gasteiger partial charge in [-0.25, -0.2) is 8.42 Å². The molecule has 0 atom stereocenters. The highest BCUT2D eigenvalue weighted by Crippen LogP contribution is 2.28. The van der Waals surface area contributed by atoms with Gasteiger partial charge < -0.3 is 5.32 Å². The van der Waals surface area contributed by atoms with E-state index in [1.165, 1.54) is 24.2 Å². The summed E-state index contributed by atoms with van der Waals surface area (Å²) < 4.78 is 26.8. The molecule has 0 radical (unpaired) electrons. The Morgan fingerprint density at radius 3 is 2.50 bits per heavy atom. The summed E-state index contributed by atoms with van der Waals surface area (Å²) in [5.41, 5.74) is 0. The molecular formula is C13H21ClN2O2S2. The predicted octanol–water partition coefficient (Wildman–Crippen LogP) is 2.32. The molecule has 1 N–H and O–H groups in total. The molecule has 7 heteroatoms. The van der Waals surface area contributed by atoms with Gasteiger partial charge in [0.2, 0.25) is 0 Å². The standard InChI is InChI=1S/C13H20N2O2S2.ClH/c16-19(17,13-2-1-9-18-13)15-7-5-12(6-8-15)14-10-11-3-4-11;/h1-2,9,11-12,14H,3-8,10H2;1H. The highest BCUT2D eigenvalue weighted by atomic mass is 35.5. The maximum atomic E-state index is 12.3. The van der Waals surface area contributed by atoms with Gasteiger partial charge in [0, 0.05) is 19.1 Å². The normalized spacial score (nSPS) is 21.6.